The quantitative estimate of drug-likeness (QED) is 0.642. The van der Waals surface area contributed by atoms with Gasteiger partial charge in [0.2, 0.25) is 0 Å². The number of fused-ring (bicyclic) bond motifs is 1. The molecule has 1 nitrogen and oxygen atoms in total. The molecule has 3 rings (SSSR count). The van der Waals surface area contributed by atoms with Crippen LogP contribution in [-0.4, -0.2) is 0 Å². The highest BCUT2D eigenvalue weighted by Gasteiger charge is 2.10. The molecule has 90 valence electrons. The summed E-state index contributed by atoms with van der Waals surface area (Å²) in [6, 6.07) is 16.7. The minimum atomic E-state index is 0.913. The molecule has 0 aliphatic heterocycles. The maximum Gasteiger partial charge on any atom is 0.134 e. The zero-order valence-electron chi connectivity index (χ0n) is 10.1. The van der Waals surface area contributed by atoms with E-state index in [1.165, 1.54) is 16.5 Å². The molecule has 0 saturated heterocycles. The zero-order chi connectivity index (χ0) is 12.5. The van der Waals surface area contributed by atoms with Crippen LogP contribution in [0.15, 0.2) is 57.4 Å². The van der Waals surface area contributed by atoms with E-state index in [9.17, 15) is 0 Å². The second kappa shape index (κ2) is 4.62. The van der Waals surface area contributed by atoms with E-state index in [0.717, 1.165) is 22.2 Å². The van der Waals surface area contributed by atoms with Crippen LogP contribution in [0.2, 0.25) is 0 Å². The zero-order valence-corrected chi connectivity index (χ0v) is 11.7. The van der Waals surface area contributed by atoms with E-state index in [2.05, 4.69) is 52.3 Å². The van der Waals surface area contributed by atoms with Crippen molar-refractivity contribution in [1.82, 2.24) is 0 Å². The summed E-state index contributed by atoms with van der Waals surface area (Å²) >= 11 is 3.46. The number of rotatable bonds is 2. The second-order valence-corrected chi connectivity index (χ2v) is 5.35. The third kappa shape index (κ3) is 2.08. The Balaban J connectivity index is 2.04. The van der Waals surface area contributed by atoms with Gasteiger partial charge in [-0.2, -0.15) is 0 Å². The van der Waals surface area contributed by atoms with Gasteiger partial charge in [0.15, 0.2) is 0 Å². The van der Waals surface area contributed by atoms with Crippen LogP contribution in [0.1, 0.15) is 16.9 Å². The summed E-state index contributed by atoms with van der Waals surface area (Å²) < 4.78 is 6.90. The number of para-hydroxylation sites is 1. The molecule has 1 aromatic heterocycles. The molecule has 0 fully saturated rings. The summed E-state index contributed by atoms with van der Waals surface area (Å²) in [6.45, 7) is 2.04. The Hall–Kier alpha value is -1.54. The average Bonchev–Trinajstić information content (AvgIpc) is 2.69. The fourth-order valence-electron chi connectivity index (χ4n) is 2.25. The minimum Gasteiger partial charge on any atom is -0.461 e. The first kappa shape index (κ1) is 11.5. The molecule has 1 heterocycles. The molecule has 2 aromatic carbocycles. The fraction of sp³-hybridized carbons (Fsp3) is 0.125. The topological polar surface area (TPSA) is 13.1 Å². The molecular formula is C16H13BrO. The van der Waals surface area contributed by atoms with Crippen LogP contribution in [0.3, 0.4) is 0 Å². The van der Waals surface area contributed by atoms with Gasteiger partial charge in [-0.05, 0) is 30.7 Å². The largest absolute Gasteiger partial charge is 0.461 e. The van der Waals surface area contributed by atoms with Gasteiger partial charge in [-0.15, -0.1) is 0 Å². The van der Waals surface area contributed by atoms with Gasteiger partial charge in [0, 0.05) is 21.8 Å². The van der Waals surface area contributed by atoms with E-state index in [-0.39, 0.29) is 0 Å². The molecule has 3 aromatic rings. The maximum atomic E-state index is 5.79. The lowest BCUT2D eigenvalue weighted by Gasteiger charge is -2.01. The van der Waals surface area contributed by atoms with Crippen molar-refractivity contribution < 1.29 is 4.42 Å². The molecule has 0 unspecified atom stereocenters. The van der Waals surface area contributed by atoms with Crippen molar-refractivity contribution >= 4 is 26.9 Å². The third-order valence-corrected chi connectivity index (χ3v) is 3.72. The third-order valence-electron chi connectivity index (χ3n) is 3.19. The molecule has 0 bridgehead atoms. The molecular weight excluding hydrogens is 288 g/mol. The van der Waals surface area contributed by atoms with E-state index in [1.807, 2.05) is 19.1 Å². The van der Waals surface area contributed by atoms with Crippen molar-refractivity contribution in [3.8, 4) is 0 Å². The Morgan fingerprint density at radius 3 is 2.50 bits per heavy atom. The van der Waals surface area contributed by atoms with Crippen molar-refractivity contribution in [2.24, 2.45) is 0 Å². The SMILES string of the molecule is Cc1oc2ccccc2c1Cc1ccc(Br)cc1. The normalized spacial score (nSPS) is 11.0. The molecule has 0 aliphatic carbocycles. The molecule has 2 heteroatoms. The number of benzene rings is 2. The molecule has 0 N–H and O–H groups in total. The van der Waals surface area contributed by atoms with Crippen molar-refractivity contribution in [3.05, 3.63) is 69.9 Å². The molecule has 0 saturated carbocycles. The summed E-state index contributed by atoms with van der Waals surface area (Å²) in [4.78, 5) is 0. The van der Waals surface area contributed by atoms with Gasteiger partial charge in [0.25, 0.3) is 0 Å². The summed E-state index contributed by atoms with van der Waals surface area (Å²) in [6.07, 6.45) is 0.913. The van der Waals surface area contributed by atoms with Crippen LogP contribution >= 0.6 is 15.9 Å². The smallest absolute Gasteiger partial charge is 0.134 e. The number of furan rings is 1. The molecule has 18 heavy (non-hydrogen) atoms. The summed E-state index contributed by atoms with van der Waals surface area (Å²) in [5, 5.41) is 1.22. The first-order chi connectivity index (χ1) is 8.74. The van der Waals surface area contributed by atoms with Crippen molar-refractivity contribution in [2.75, 3.05) is 0 Å². The summed E-state index contributed by atoms with van der Waals surface area (Å²) in [5.41, 5.74) is 3.56. The van der Waals surface area contributed by atoms with Crippen molar-refractivity contribution in [1.29, 1.82) is 0 Å². The second-order valence-electron chi connectivity index (χ2n) is 4.44. The number of halogens is 1. The lowest BCUT2D eigenvalue weighted by Crippen LogP contribution is -1.88. The van der Waals surface area contributed by atoms with E-state index in [4.69, 9.17) is 4.42 Å². The lowest BCUT2D eigenvalue weighted by atomic mass is 10.0. The molecule has 0 radical (unpaired) electrons. The standard InChI is InChI=1S/C16H13BrO/c1-11-15(10-12-6-8-13(17)9-7-12)14-4-2-3-5-16(14)18-11/h2-9H,10H2,1H3. The maximum absolute atomic E-state index is 5.79. The highest BCUT2D eigenvalue weighted by atomic mass is 79.9. The fourth-order valence-corrected chi connectivity index (χ4v) is 2.51. The van der Waals surface area contributed by atoms with Gasteiger partial charge >= 0.3 is 0 Å². The first-order valence-corrected chi connectivity index (χ1v) is 6.75. The number of hydrogen-bond acceptors (Lipinski definition) is 1. The first-order valence-electron chi connectivity index (χ1n) is 5.95. The van der Waals surface area contributed by atoms with Crippen LogP contribution in [0.4, 0.5) is 0 Å². The van der Waals surface area contributed by atoms with Crippen LogP contribution in [0.5, 0.6) is 0 Å². The van der Waals surface area contributed by atoms with Gasteiger partial charge in [-0.1, -0.05) is 46.3 Å². The highest BCUT2D eigenvalue weighted by Crippen LogP contribution is 2.27. The Bertz CT molecular complexity index is 680. The van der Waals surface area contributed by atoms with Crippen molar-refractivity contribution in [2.45, 2.75) is 13.3 Å². The molecule has 0 atom stereocenters. The Morgan fingerprint density at radius 2 is 1.72 bits per heavy atom. The van der Waals surface area contributed by atoms with Gasteiger partial charge < -0.3 is 4.42 Å². The number of hydrogen-bond donors (Lipinski definition) is 0. The van der Waals surface area contributed by atoms with Gasteiger partial charge in [-0.3, -0.25) is 0 Å². The Kier molecular flexibility index (Phi) is 2.96. The minimum absolute atomic E-state index is 0.913. The predicted octanol–water partition coefficient (Wildman–Crippen LogP) is 5.09. The van der Waals surface area contributed by atoms with Crippen LogP contribution < -0.4 is 0 Å². The van der Waals surface area contributed by atoms with E-state index in [0.29, 0.717) is 0 Å². The van der Waals surface area contributed by atoms with E-state index < -0.39 is 0 Å². The van der Waals surface area contributed by atoms with E-state index in [1.54, 1.807) is 0 Å². The Morgan fingerprint density at radius 1 is 1.00 bits per heavy atom. The van der Waals surface area contributed by atoms with Gasteiger partial charge in [0.1, 0.15) is 11.3 Å². The Labute approximate surface area is 115 Å². The van der Waals surface area contributed by atoms with Crippen molar-refractivity contribution in [3.63, 3.8) is 0 Å². The van der Waals surface area contributed by atoms with E-state index >= 15 is 0 Å². The number of aryl methyl sites for hydroxylation is 1. The van der Waals surface area contributed by atoms with Crippen LogP contribution in [0, 0.1) is 6.92 Å². The monoisotopic (exact) mass is 300 g/mol. The molecule has 0 spiro atoms. The molecule has 0 amide bonds. The van der Waals surface area contributed by atoms with Crippen LogP contribution in [0.25, 0.3) is 11.0 Å². The summed E-state index contributed by atoms with van der Waals surface area (Å²) in [7, 11) is 0. The van der Waals surface area contributed by atoms with Crippen LogP contribution in [-0.2, 0) is 6.42 Å². The molecule has 0 aliphatic rings. The highest BCUT2D eigenvalue weighted by molar-refractivity contribution is 9.10. The van der Waals surface area contributed by atoms with Gasteiger partial charge in [0.05, 0.1) is 0 Å². The summed E-state index contributed by atoms with van der Waals surface area (Å²) in [5.74, 6) is 1.01. The predicted molar refractivity (Wildman–Crippen MR) is 77.9 cm³/mol. The van der Waals surface area contributed by atoms with Gasteiger partial charge in [-0.25, -0.2) is 0 Å². The average molecular weight is 301 g/mol. The lowest BCUT2D eigenvalue weighted by molar-refractivity contribution is 0.573.